The molecular weight excluding hydrogens is 416 g/mol. The molecule has 9 heteroatoms. The maximum absolute atomic E-state index is 12.8. The minimum absolute atomic E-state index is 0.0924. The molecule has 1 aliphatic heterocycles. The molecule has 0 spiro atoms. The molecule has 0 unspecified atom stereocenters. The highest BCUT2D eigenvalue weighted by atomic mass is 35.5. The van der Waals surface area contributed by atoms with Crippen LogP contribution in [0.3, 0.4) is 0 Å². The molecule has 7 nitrogen and oxygen atoms in total. The lowest BCUT2D eigenvalue weighted by Crippen LogP contribution is -2.23. The Morgan fingerprint density at radius 2 is 2.00 bits per heavy atom. The highest BCUT2D eigenvalue weighted by molar-refractivity contribution is 7.16. The van der Waals surface area contributed by atoms with Gasteiger partial charge in [-0.15, -0.1) is 0 Å². The summed E-state index contributed by atoms with van der Waals surface area (Å²) in [5.74, 6) is 0.220. The zero-order chi connectivity index (χ0) is 20.4. The van der Waals surface area contributed by atoms with Crippen molar-refractivity contribution in [1.82, 2.24) is 4.57 Å². The largest absolute Gasteiger partial charge is 0.486 e. The van der Waals surface area contributed by atoms with Crippen molar-refractivity contribution in [3.63, 3.8) is 0 Å². The molecule has 29 heavy (non-hydrogen) atoms. The monoisotopic (exact) mass is 432 g/mol. The minimum atomic E-state index is -0.456. The van der Waals surface area contributed by atoms with Gasteiger partial charge in [-0.1, -0.05) is 29.0 Å². The van der Waals surface area contributed by atoms with Gasteiger partial charge in [0.1, 0.15) is 19.8 Å². The van der Waals surface area contributed by atoms with E-state index in [4.69, 9.17) is 25.8 Å². The van der Waals surface area contributed by atoms with E-state index in [0.29, 0.717) is 45.6 Å². The first kappa shape index (κ1) is 19.5. The number of amides is 1. The van der Waals surface area contributed by atoms with E-state index < -0.39 is 11.9 Å². The molecular formula is C20H17ClN2O5S. The smallest absolute Gasteiger partial charge is 0.326 e. The van der Waals surface area contributed by atoms with Gasteiger partial charge >= 0.3 is 5.97 Å². The normalized spacial score (nSPS) is 13.5. The van der Waals surface area contributed by atoms with E-state index in [9.17, 15) is 9.59 Å². The number of rotatable bonds is 4. The first-order chi connectivity index (χ1) is 14.1. The van der Waals surface area contributed by atoms with Crippen molar-refractivity contribution in [2.45, 2.75) is 13.5 Å². The average molecular weight is 433 g/mol. The van der Waals surface area contributed by atoms with Gasteiger partial charge in [0.15, 0.2) is 16.3 Å². The molecule has 0 N–H and O–H groups in total. The number of carbonyl (C=O) groups excluding carboxylic acids is 2. The molecule has 0 fully saturated rings. The third-order valence-corrected chi connectivity index (χ3v) is 5.58. The number of hydrogen-bond donors (Lipinski definition) is 0. The van der Waals surface area contributed by atoms with Gasteiger partial charge in [0, 0.05) is 5.56 Å². The lowest BCUT2D eigenvalue weighted by atomic mass is 10.2. The van der Waals surface area contributed by atoms with Crippen molar-refractivity contribution < 1.29 is 23.8 Å². The van der Waals surface area contributed by atoms with Crippen LogP contribution >= 0.6 is 22.9 Å². The Hall–Kier alpha value is -2.84. The molecule has 0 radical (unpaired) electrons. The lowest BCUT2D eigenvalue weighted by Gasteiger charge is -2.18. The van der Waals surface area contributed by atoms with Crippen LogP contribution in [0.15, 0.2) is 41.4 Å². The van der Waals surface area contributed by atoms with Crippen LogP contribution in [0.25, 0.3) is 10.2 Å². The van der Waals surface area contributed by atoms with E-state index in [-0.39, 0.29) is 13.2 Å². The Kier molecular flexibility index (Phi) is 5.55. The first-order valence-electron chi connectivity index (χ1n) is 8.99. The van der Waals surface area contributed by atoms with Crippen LogP contribution in [0.4, 0.5) is 0 Å². The predicted molar refractivity (Wildman–Crippen MR) is 109 cm³/mol. The second kappa shape index (κ2) is 8.26. The zero-order valence-corrected chi connectivity index (χ0v) is 17.1. The van der Waals surface area contributed by atoms with Crippen molar-refractivity contribution in [3.05, 3.63) is 51.8 Å². The van der Waals surface area contributed by atoms with Gasteiger partial charge in [-0.25, -0.2) is 0 Å². The Balaban J connectivity index is 1.78. The summed E-state index contributed by atoms with van der Waals surface area (Å²) in [6, 6.07) is 10.3. The molecule has 0 aliphatic carbocycles. The number of hydrogen-bond acceptors (Lipinski definition) is 6. The van der Waals surface area contributed by atoms with Crippen molar-refractivity contribution in [1.29, 1.82) is 0 Å². The van der Waals surface area contributed by atoms with Gasteiger partial charge in [-0.05, 0) is 37.3 Å². The van der Waals surface area contributed by atoms with Crippen molar-refractivity contribution in [3.8, 4) is 11.5 Å². The molecule has 0 saturated carbocycles. The maximum Gasteiger partial charge on any atom is 0.326 e. The Bertz CT molecular complexity index is 1170. The summed E-state index contributed by atoms with van der Waals surface area (Å²) in [5.41, 5.74) is 1.00. The average Bonchev–Trinajstić information content (AvgIpc) is 3.06. The zero-order valence-electron chi connectivity index (χ0n) is 15.5. The van der Waals surface area contributed by atoms with Crippen LogP contribution in [0, 0.1) is 0 Å². The van der Waals surface area contributed by atoms with Crippen molar-refractivity contribution in [2.24, 2.45) is 4.99 Å². The Morgan fingerprint density at radius 3 is 2.79 bits per heavy atom. The fourth-order valence-corrected chi connectivity index (χ4v) is 4.37. The summed E-state index contributed by atoms with van der Waals surface area (Å²) < 4.78 is 18.5. The van der Waals surface area contributed by atoms with E-state index in [1.807, 2.05) is 12.1 Å². The fraction of sp³-hybridized carbons (Fsp3) is 0.250. The molecule has 0 saturated heterocycles. The summed E-state index contributed by atoms with van der Waals surface area (Å²) in [6.45, 7) is 2.80. The third kappa shape index (κ3) is 3.99. The van der Waals surface area contributed by atoms with Crippen LogP contribution in [-0.2, 0) is 16.1 Å². The molecule has 2 aromatic carbocycles. The SMILES string of the molecule is CCOC(=O)Cn1c(=NC(=O)c2ccc3c(c2)OCCO3)sc2cccc(Cl)c21. The van der Waals surface area contributed by atoms with E-state index in [1.165, 1.54) is 11.3 Å². The summed E-state index contributed by atoms with van der Waals surface area (Å²) in [4.78, 5) is 29.5. The summed E-state index contributed by atoms with van der Waals surface area (Å²) in [5, 5.41) is 0.469. The van der Waals surface area contributed by atoms with Crippen LogP contribution in [0.5, 0.6) is 11.5 Å². The summed E-state index contributed by atoms with van der Waals surface area (Å²) >= 11 is 7.62. The standard InChI is InChI=1S/C20H17ClN2O5S/c1-2-26-17(24)11-23-18-13(21)4-3-5-16(18)29-20(23)22-19(25)12-6-7-14-15(10-12)28-9-8-27-14/h3-7,10H,2,8-9,11H2,1H3. The first-order valence-corrected chi connectivity index (χ1v) is 10.2. The van der Waals surface area contributed by atoms with Crippen LogP contribution < -0.4 is 14.3 Å². The van der Waals surface area contributed by atoms with Gasteiger partial charge in [0.2, 0.25) is 0 Å². The number of benzene rings is 2. The van der Waals surface area contributed by atoms with Gasteiger partial charge in [0.05, 0.1) is 21.8 Å². The van der Waals surface area contributed by atoms with Gasteiger partial charge in [-0.3, -0.25) is 9.59 Å². The Morgan fingerprint density at radius 1 is 1.21 bits per heavy atom. The van der Waals surface area contributed by atoms with Crippen molar-refractivity contribution >= 4 is 45.0 Å². The summed E-state index contributed by atoms with van der Waals surface area (Å²) in [7, 11) is 0. The third-order valence-electron chi connectivity index (χ3n) is 4.23. The van der Waals surface area contributed by atoms with E-state index in [0.717, 1.165) is 4.70 Å². The highest BCUT2D eigenvalue weighted by Crippen LogP contribution is 2.31. The van der Waals surface area contributed by atoms with Gasteiger partial charge in [-0.2, -0.15) is 4.99 Å². The number of halogens is 1. The molecule has 1 aliphatic rings. The van der Waals surface area contributed by atoms with Crippen LogP contribution in [-0.4, -0.2) is 36.3 Å². The minimum Gasteiger partial charge on any atom is -0.486 e. The predicted octanol–water partition coefficient (Wildman–Crippen LogP) is 3.43. The van der Waals surface area contributed by atoms with Gasteiger partial charge < -0.3 is 18.8 Å². The molecule has 4 rings (SSSR count). The number of carbonyl (C=O) groups is 2. The van der Waals surface area contributed by atoms with Gasteiger partial charge in [0.25, 0.3) is 5.91 Å². The maximum atomic E-state index is 12.8. The van der Waals surface area contributed by atoms with E-state index in [2.05, 4.69) is 4.99 Å². The molecule has 150 valence electrons. The second-order valence-electron chi connectivity index (χ2n) is 6.14. The van der Waals surface area contributed by atoms with E-state index >= 15 is 0 Å². The number of nitrogens with zero attached hydrogens (tertiary/aromatic N) is 2. The van der Waals surface area contributed by atoms with Crippen molar-refractivity contribution in [2.75, 3.05) is 19.8 Å². The number of ether oxygens (including phenoxy) is 3. The molecule has 1 aromatic heterocycles. The quantitative estimate of drug-likeness (QED) is 0.590. The number of fused-ring (bicyclic) bond motifs is 2. The fourth-order valence-electron chi connectivity index (χ4n) is 2.98. The number of para-hydroxylation sites is 1. The molecule has 0 bridgehead atoms. The number of esters is 1. The summed E-state index contributed by atoms with van der Waals surface area (Å²) in [6.07, 6.45) is 0. The second-order valence-corrected chi connectivity index (χ2v) is 7.55. The number of aromatic nitrogens is 1. The van der Waals surface area contributed by atoms with Crippen LogP contribution in [0.1, 0.15) is 17.3 Å². The molecule has 3 aromatic rings. The number of thiazole rings is 1. The molecule has 2 heterocycles. The Labute approximate surface area is 175 Å². The van der Waals surface area contributed by atoms with E-state index in [1.54, 1.807) is 35.8 Å². The highest BCUT2D eigenvalue weighted by Gasteiger charge is 2.17. The topological polar surface area (TPSA) is 79.1 Å². The molecule has 0 atom stereocenters. The van der Waals surface area contributed by atoms with Crippen LogP contribution in [0.2, 0.25) is 5.02 Å². The molecule has 1 amide bonds. The lowest BCUT2D eigenvalue weighted by molar-refractivity contribution is -0.143.